The number of carbonyl (C=O) groups is 1. The van der Waals surface area contributed by atoms with Crippen LogP contribution in [0.1, 0.15) is 36.2 Å². The van der Waals surface area contributed by atoms with Crippen molar-refractivity contribution in [2.75, 3.05) is 20.1 Å². The second kappa shape index (κ2) is 7.14. The molecular formula is C15H24N2O2. The zero-order chi connectivity index (χ0) is 14.4. The summed E-state index contributed by atoms with van der Waals surface area (Å²) in [6.45, 7) is 7.60. The van der Waals surface area contributed by atoms with Gasteiger partial charge in [0.05, 0.1) is 0 Å². The highest BCUT2D eigenvalue weighted by Gasteiger charge is 2.10. The normalized spacial score (nSPS) is 12.5. The number of aryl methyl sites for hydroxylation is 1. The molecule has 0 aliphatic rings. The van der Waals surface area contributed by atoms with Gasteiger partial charge in [0, 0.05) is 24.7 Å². The van der Waals surface area contributed by atoms with E-state index in [4.69, 9.17) is 0 Å². The van der Waals surface area contributed by atoms with Crippen LogP contribution >= 0.6 is 0 Å². The summed E-state index contributed by atoms with van der Waals surface area (Å²) >= 11 is 0. The highest BCUT2D eigenvalue weighted by atomic mass is 16.3. The van der Waals surface area contributed by atoms with Crippen LogP contribution < -0.4 is 5.32 Å². The van der Waals surface area contributed by atoms with Crippen molar-refractivity contribution in [2.45, 2.75) is 33.2 Å². The largest absolute Gasteiger partial charge is 0.508 e. The number of phenols is 1. The molecule has 4 heteroatoms. The summed E-state index contributed by atoms with van der Waals surface area (Å²) in [4.78, 5) is 14.2. The third-order valence-electron chi connectivity index (χ3n) is 3.55. The van der Waals surface area contributed by atoms with Crippen molar-refractivity contribution in [3.63, 3.8) is 0 Å². The first-order chi connectivity index (χ1) is 8.95. The molecule has 2 N–H and O–H groups in total. The first-order valence-corrected chi connectivity index (χ1v) is 6.73. The predicted molar refractivity (Wildman–Crippen MR) is 77.6 cm³/mol. The van der Waals surface area contributed by atoms with Crippen molar-refractivity contribution in [2.24, 2.45) is 0 Å². The van der Waals surface area contributed by atoms with E-state index in [1.54, 1.807) is 12.1 Å². The van der Waals surface area contributed by atoms with Gasteiger partial charge in [0.25, 0.3) is 5.91 Å². The first kappa shape index (κ1) is 15.5. The number of carbonyl (C=O) groups excluding carboxylic acids is 1. The van der Waals surface area contributed by atoms with E-state index in [9.17, 15) is 9.90 Å². The summed E-state index contributed by atoms with van der Waals surface area (Å²) in [7, 11) is 2.06. The van der Waals surface area contributed by atoms with Gasteiger partial charge in [0.1, 0.15) is 5.75 Å². The molecule has 0 fully saturated rings. The lowest BCUT2D eigenvalue weighted by molar-refractivity contribution is 0.0947. The summed E-state index contributed by atoms with van der Waals surface area (Å²) in [5.74, 6) is 0.0978. The maximum absolute atomic E-state index is 12.0. The molecule has 1 atom stereocenters. The SMILES string of the molecule is CCC(C)N(C)CCNC(=O)c1ccc(O)cc1C. The molecule has 0 aromatic heterocycles. The van der Waals surface area contributed by atoms with Gasteiger partial charge in [-0.05, 0) is 51.1 Å². The number of amides is 1. The number of benzene rings is 1. The summed E-state index contributed by atoms with van der Waals surface area (Å²) in [5, 5.41) is 12.2. The zero-order valence-corrected chi connectivity index (χ0v) is 12.2. The highest BCUT2D eigenvalue weighted by Crippen LogP contribution is 2.15. The lowest BCUT2D eigenvalue weighted by Crippen LogP contribution is -2.37. The number of rotatable bonds is 6. The van der Waals surface area contributed by atoms with Crippen molar-refractivity contribution >= 4 is 5.91 Å². The maximum Gasteiger partial charge on any atom is 0.251 e. The Labute approximate surface area is 115 Å². The van der Waals surface area contributed by atoms with Crippen LogP contribution in [0, 0.1) is 6.92 Å². The summed E-state index contributed by atoms with van der Waals surface area (Å²) in [6, 6.07) is 5.30. The van der Waals surface area contributed by atoms with Crippen LogP contribution in [0.25, 0.3) is 0 Å². The number of hydrogen-bond acceptors (Lipinski definition) is 3. The Bertz CT molecular complexity index is 432. The van der Waals surface area contributed by atoms with Gasteiger partial charge in [0.2, 0.25) is 0 Å². The Morgan fingerprint density at radius 1 is 1.47 bits per heavy atom. The fourth-order valence-corrected chi connectivity index (χ4v) is 1.88. The van der Waals surface area contributed by atoms with Crippen LogP contribution in [-0.4, -0.2) is 42.1 Å². The summed E-state index contributed by atoms with van der Waals surface area (Å²) < 4.78 is 0. The van der Waals surface area contributed by atoms with Crippen molar-refractivity contribution in [3.8, 4) is 5.75 Å². The third kappa shape index (κ3) is 4.56. The molecule has 0 radical (unpaired) electrons. The van der Waals surface area contributed by atoms with Gasteiger partial charge in [-0.25, -0.2) is 0 Å². The second-order valence-corrected chi connectivity index (χ2v) is 4.99. The van der Waals surface area contributed by atoms with Crippen LogP contribution in [-0.2, 0) is 0 Å². The molecule has 0 aliphatic heterocycles. The van der Waals surface area contributed by atoms with E-state index >= 15 is 0 Å². The standard InChI is InChI=1S/C15H24N2O2/c1-5-12(3)17(4)9-8-16-15(19)14-7-6-13(18)10-11(14)2/h6-7,10,12,18H,5,8-9H2,1-4H3,(H,16,19). The van der Waals surface area contributed by atoms with Gasteiger partial charge >= 0.3 is 0 Å². The molecule has 1 rings (SSSR count). The molecule has 0 saturated heterocycles. The Kier molecular flexibility index (Phi) is 5.83. The predicted octanol–water partition coefficient (Wildman–Crippen LogP) is 2.16. The molecule has 106 valence electrons. The van der Waals surface area contributed by atoms with Crippen molar-refractivity contribution in [1.29, 1.82) is 0 Å². The van der Waals surface area contributed by atoms with Crippen molar-refractivity contribution in [3.05, 3.63) is 29.3 Å². The molecule has 1 aromatic carbocycles. The van der Waals surface area contributed by atoms with Gasteiger partial charge in [-0.2, -0.15) is 0 Å². The van der Waals surface area contributed by atoms with Gasteiger partial charge in [0.15, 0.2) is 0 Å². The summed E-state index contributed by atoms with van der Waals surface area (Å²) in [6.07, 6.45) is 1.10. The Morgan fingerprint density at radius 3 is 2.74 bits per heavy atom. The number of phenolic OH excluding ortho intramolecular Hbond substituents is 1. The summed E-state index contributed by atoms with van der Waals surface area (Å²) in [5.41, 5.74) is 1.40. The number of nitrogens with zero attached hydrogens (tertiary/aromatic N) is 1. The smallest absolute Gasteiger partial charge is 0.251 e. The van der Waals surface area contributed by atoms with E-state index in [2.05, 4.69) is 31.1 Å². The molecular weight excluding hydrogens is 240 g/mol. The number of likely N-dealkylation sites (N-methyl/N-ethyl adjacent to an activating group) is 1. The van der Waals surface area contributed by atoms with Crippen molar-refractivity contribution in [1.82, 2.24) is 10.2 Å². The van der Waals surface area contributed by atoms with Gasteiger partial charge in [-0.3, -0.25) is 4.79 Å². The molecule has 0 bridgehead atoms. The van der Waals surface area contributed by atoms with Crippen molar-refractivity contribution < 1.29 is 9.90 Å². The molecule has 1 amide bonds. The quantitative estimate of drug-likeness (QED) is 0.828. The van der Waals surface area contributed by atoms with E-state index in [1.807, 2.05) is 6.92 Å². The Balaban J connectivity index is 2.47. The lowest BCUT2D eigenvalue weighted by Gasteiger charge is -2.23. The number of nitrogens with one attached hydrogen (secondary N) is 1. The van der Waals surface area contributed by atoms with E-state index in [0.717, 1.165) is 18.5 Å². The molecule has 1 aromatic rings. The minimum absolute atomic E-state index is 0.0879. The van der Waals surface area contributed by atoms with Gasteiger partial charge < -0.3 is 15.3 Å². The molecule has 19 heavy (non-hydrogen) atoms. The molecule has 4 nitrogen and oxygen atoms in total. The fraction of sp³-hybridized carbons (Fsp3) is 0.533. The van der Waals surface area contributed by atoms with Gasteiger partial charge in [-0.1, -0.05) is 6.92 Å². The Morgan fingerprint density at radius 2 is 2.16 bits per heavy atom. The minimum Gasteiger partial charge on any atom is -0.508 e. The fourth-order valence-electron chi connectivity index (χ4n) is 1.88. The van der Waals surface area contributed by atoms with Crippen LogP contribution in [0.4, 0.5) is 0 Å². The molecule has 0 saturated carbocycles. The Hall–Kier alpha value is -1.55. The van der Waals surface area contributed by atoms with Crippen LogP contribution in [0.15, 0.2) is 18.2 Å². The topological polar surface area (TPSA) is 52.6 Å². The average Bonchev–Trinajstić information content (AvgIpc) is 2.37. The molecule has 0 aliphatic carbocycles. The number of hydrogen-bond donors (Lipinski definition) is 2. The molecule has 0 spiro atoms. The van der Waals surface area contributed by atoms with Crippen LogP contribution in [0.3, 0.4) is 0 Å². The van der Waals surface area contributed by atoms with E-state index in [-0.39, 0.29) is 11.7 Å². The number of aromatic hydroxyl groups is 1. The maximum atomic E-state index is 12.0. The average molecular weight is 264 g/mol. The highest BCUT2D eigenvalue weighted by molar-refractivity contribution is 5.95. The third-order valence-corrected chi connectivity index (χ3v) is 3.55. The first-order valence-electron chi connectivity index (χ1n) is 6.73. The van der Waals surface area contributed by atoms with Crippen LogP contribution in [0.5, 0.6) is 5.75 Å². The van der Waals surface area contributed by atoms with E-state index < -0.39 is 0 Å². The van der Waals surface area contributed by atoms with Crippen LogP contribution in [0.2, 0.25) is 0 Å². The molecule has 0 heterocycles. The van der Waals surface area contributed by atoms with E-state index in [0.29, 0.717) is 18.2 Å². The van der Waals surface area contributed by atoms with E-state index in [1.165, 1.54) is 6.07 Å². The minimum atomic E-state index is -0.0879. The monoisotopic (exact) mass is 264 g/mol. The zero-order valence-electron chi connectivity index (χ0n) is 12.2. The molecule has 1 unspecified atom stereocenters. The second-order valence-electron chi connectivity index (χ2n) is 4.99. The van der Waals surface area contributed by atoms with Gasteiger partial charge in [-0.15, -0.1) is 0 Å². The lowest BCUT2D eigenvalue weighted by atomic mass is 10.1.